The zero-order chi connectivity index (χ0) is 10.6. The molecule has 2 N–H and O–H groups in total. The van der Waals surface area contributed by atoms with Gasteiger partial charge in [-0.25, -0.2) is 4.98 Å². The molecule has 0 saturated carbocycles. The smallest absolute Gasteiger partial charge is 0.217 e. The fourth-order valence-electron chi connectivity index (χ4n) is 1.16. The Hall–Kier alpha value is -1.65. The minimum absolute atomic E-state index is 0.0604. The zero-order valence-electron chi connectivity index (χ0n) is 8.20. The lowest BCUT2D eigenvalue weighted by molar-refractivity contribution is -0.125. The van der Waals surface area contributed by atoms with Crippen molar-refractivity contribution in [3.63, 3.8) is 0 Å². The summed E-state index contributed by atoms with van der Waals surface area (Å²) < 4.78 is 0. The monoisotopic (exact) mass is 195 g/mol. The minimum Gasteiger partial charge on any atom is -0.348 e. The predicted molar refractivity (Wildman–Crippen MR) is 50.6 cm³/mol. The molecule has 1 atom stereocenters. The summed E-state index contributed by atoms with van der Waals surface area (Å²) in [5, 5.41) is 2.58. The molecule has 76 valence electrons. The van der Waals surface area contributed by atoms with E-state index >= 15 is 0 Å². The highest BCUT2D eigenvalue weighted by atomic mass is 16.2. The lowest BCUT2D eigenvalue weighted by atomic mass is 10.1. The van der Waals surface area contributed by atoms with Gasteiger partial charge in [-0.2, -0.15) is 0 Å². The Morgan fingerprint density at radius 1 is 1.57 bits per heavy atom. The average molecular weight is 195 g/mol. The van der Waals surface area contributed by atoms with Crippen molar-refractivity contribution in [1.82, 2.24) is 15.3 Å². The van der Waals surface area contributed by atoms with Crippen LogP contribution in [0, 0.1) is 0 Å². The van der Waals surface area contributed by atoms with Crippen LogP contribution in [-0.2, 0) is 16.0 Å². The number of imidazole rings is 1. The molecule has 1 amide bonds. The molecular weight excluding hydrogens is 182 g/mol. The van der Waals surface area contributed by atoms with Crippen molar-refractivity contribution >= 4 is 11.7 Å². The van der Waals surface area contributed by atoms with Crippen LogP contribution >= 0.6 is 0 Å². The Morgan fingerprint density at radius 3 is 2.71 bits per heavy atom. The Kier molecular flexibility index (Phi) is 3.39. The van der Waals surface area contributed by atoms with Gasteiger partial charge in [-0.05, 0) is 6.92 Å². The average Bonchev–Trinajstić information content (AvgIpc) is 2.54. The molecule has 1 heterocycles. The van der Waals surface area contributed by atoms with Gasteiger partial charge in [0.1, 0.15) is 0 Å². The van der Waals surface area contributed by atoms with Gasteiger partial charge in [0.2, 0.25) is 5.91 Å². The Labute approximate surface area is 81.9 Å². The summed E-state index contributed by atoms with van der Waals surface area (Å²) in [6.07, 6.45) is 3.63. The number of aromatic amines is 1. The summed E-state index contributed by atoms with van der Waals surface area (Å²) in [6, 6.07) is -0.465. The van der Waals surface area contributed by atoms with Gasteiger partial charge < -0.3 is 10.3 Å². The van der Waals surface area contributed by atoms with Crippen molar-refractivity contribution in [3.05, 3.63) is 18.2 Å². The van der Waals surface area contributed by atoms with Crippen molar-refractivity contribution in [3.8, 4) is 0 Å². The summed E-state index contributed by atoms with van der Waals surface area (Å²) in [5.41, 5.74) is 0.832. The molecule has 0 fully saturated rings. The van der Waals surface area contributed by atoms with E-state index in [4.69, 9.17) is 0 Å². The molecule has 0 unspecified atom stereocenters. The molecule has 0 aliphatic heterocycles. The molecule has 1 aromatic heterocycles. The quantitative estimate of drug-likeness (QED) is 0.712. The van der Waals surface area contributed by atoms with Gasteiger partial charge in [0.15, 0.2) is 5.78 Å². The van der Waals surface area contributed by atoms with E-state index in [1.165, 1.54) is 13.8 Å². The van der Waals surface area contributed by atoms with E-state index in [-0.39, 0.29) is 11.7 Å². The lowest BCUT2D eigenvalue weighted by Crippen LogP contribution is -2.40. The molecule has 5 nitrogen and oxygen atoms in total. The van der Waals surface area contributed by atoms with Crippen molar-refractivity contribution in [2.45, 2.75) is 26.3 Å². The highest BCUT2D eigenvalue weighted by Gasteiger charge is 2.15. The van der Waals surface area contributed by atoms with E-state index < -0.39 is 6.04 Å². The van der Waals surface area contributed by atoms with Crippen molar-refractivity contribution in [2.24, 2.45) is 0 Å². The van der Waals surface area contributed by atoms with E-state index in [2.05, 4.69) is 15.3 Å². The Morgan fingerprint density at radius 2 is 2.29 bits per heavy atom. The summed E-state index contributed by atoms with van der Waals surface area (Å²) in [5.74, 6) is -0.264. The van der Waals surface area contributed by atoms with Gasteiger partial charge >= 0.3 is 0 Å². The molecule has 0 bridgehead atoms. The number of amides is 1. The predicted octanol–water partition coefficient (Wildman–Crippen LogP) is 0.0459. The Balaban J connectivity index is 2.60. The van der Waals surface area contributed by atoms with Crippen molar-refractivity contribution < 1.29 is 9.59 Å². The normalized spacial score (nSPS) is 12.1. The molecule has 0 spiro atoms. The molecule has 0 aliphatic rings. The van der Waals surface area contributed by atoms with Gasteiger partial charge in [0.25, 0.3) is 0 Å². The number of hydrogen-bond donors (Lipinski definition) is 2. The maximum absolute atomic E-state index is 11.2. The summed E-state index contributed by atoms with van der Waals surface area (Å²) in [6.45, 7) is 2.85. The van der Waals surface area contributed by atoms with Crippen LogP contribution in [0.1, 0.15) is 19.5 Å². The number of H-pyrrole nitrogens is 1. The first-order valence-electron chi connectivity index (χ1n) is 4.34. The van der Waals surface area contributed by atoms with E-state index in [0.29, 0.717) is 6.42 Å². The molecule has 1 aromatic rings. The van der Waals surface area contributed by atoms with Crippen LogP contribution in [-0.4, -0.2) is 27.7 Å². The lowest BCUT2D eigenvalue weighted by Gasteiger charge is -2.13. The molecule has 0 saturated heterocycles. The van der Waals surface area contributed by atoms with E-state index in [1.54, 1.807) is 12.5 Å². The summed E-state index contributed by atoms with van der Waals surface area (Å²) in [7, 11) is 0. The van der Waals surface area contributed by atoms with Crippen LogP contribution in [0.25, 0.3) is 0 Å². The van der Waals surface area contributed by atoms with Crippen LogP contribution < -0.4 is 5.32 Å². The van der Waals surface area contributed by atoms with Crippen molar-refractivity contribution in [2.75, 3.05) is 0 Å². The van der Waals surface area contributed by atoms with Crippen molar-refractivity contribution in [1.29, 1.82) is 0 Å². The van der Waals surface area contributed by atoms with Crippen LogP contribution in [0.2, 0.25) is 0 Å². The topological polar surface area (TPSA) is 74.8 Å². The molecule has 0 radical (unpaired) electrons. The third-order valence-corrected chi connectivity index (χ3v) is 1.85. The standard InChI is InChI=1S/C9H13N3O2/c1-6(13)9(12-7(2)14)3-8-4-10-5-11-8/h4-5,9H,3H2,1-2H3,(H,10,11)(H,12,14)/t9-/m0/s1. The number of carbonyl (C=O) groups excluding carboxylic acids is 2. The van der Waals surface area contributed by atoms with Gasteiger partial charge in [-0.1, -0.05) is 0 Å². The number of nitrogens with one attached hydrogen (secondary N) is 2. The first-order chi connectivity index (χ1) is 6.59. The number of aromatic nitrogens is 2. The molecule has 5 heteroatoms. The van der Waals surface area contributed by atoms with E-state index in [0.717, 1.165) is 5.69 Å². The van der Waals surface area contributed by atoms with Crippen LogP contribution in [0.3, 0.4) is 0 Å². The van der Waals surface area contributed by atoms with Gasteiger partial charge in [0.05, 0.1) is 12.4 Å². The maximum Gasteiger partial charge on any atom is 0.217 e. The van der Waals surface area contributed by atoms with E-state index in [9.17, 15) is 9.59 Å². The van der Waals surface area contributed by atoms with Crippen LogP contribution in [0.5, 0.6) is 0 Å². The third kappa shape index (κ3) is 3.01. The number of ketones is 1. The zero-order valence-corrected chi connectivity index (χ0v) is 8.20. The molecule has 0 aromatic carbocycles. The number of rotatable bonds is 4. The third-order valence-electron chi connectivity index (χ3n) is 1.85. The number of nitrogens with zero attached hydrogens (tertiary/aromatic N) is 1. The second-order valence-electron chi connectivity index (χ2n) is 3.14. The molecule has 0 aliphatic carbocycles. The molecule has 1 rings (SSSR count). The Bertz CT molecular complexity index is 319. The first kappa shape index (κ1) is 10.4. The van der Waals surface area contributed by atoms with Gasteiger partial charge in [-0.15, -0.1) is 0 Å². The fourth-order valence-corrected chi connectivity index (χ4v) is 1.16. The molecular formula is C9H13N3O2. The highest BCUT2D eigenvalue weighted by Crippen LogP contribution is 1.99. The summed E-state index contributed by atoms with van der Waals surface area (Å²) >= 11 is 0. The fraction of sp³-hybridized carbons (Fsp3) is 0.444. The number of carbonyl (C=O) groups is 2. The summed E-state index contributed by atoms with van der Waals surface area (Å²) in [4.78, 5) is 28.7. The van der Waals surface area contributed by atoms with Gasteiger partial charge in [0, 0.05) is 25.2 Å². The van der Waals surface area contributed by atoms with Gasteiger partial charge in [-0.3, -0.25) is 9.59 Å². The largest absolute Gasteiger partial charge is 0.348 e. The van der Waals surface area contributed by atoms with E-state index in [1.807, 2.05) is 0 Å². The van der Waals surface area contributed by atoms with Crippen LogP contribution in [0.15, 0.2) is 12.5 Å². The number of Topliss-reactive ketones (excluding diaryl/α,β-unsaturated/α-hetero) is 1. The maximum atomic E-state index is 11.2. The van der Waals surface area contributed by atoms with Crippen LogP contribution in [0.4, 0.5) is 0 Å². The first-order valence-corrected chi connectivity index (χ1v) is 4.34. The SMILES string of the molecule is CC(=O)N[C@@H](Cc1cnc[nH]1)C(C)=O. The molecule has 14 heavy (non-hydrogen) atoms. The minimum atomic E-state index is -0.465. The number of hydrogen-bond acceptors (Lipinski definition) is 3. The second kappa shape index (κ2) is 4.55. The second-order valence-corrected chi connectivity index (χ2v) is 3.14. The highest BCUT2D eigenvalue weighted by molar-refractivity contribution is 5.86.